The zero-order valence-electron chi connectivity index (χ0n) is 17.7. The molecule has 3 aromatic rings. The number of benzene rings is 2. The molecular weight excluding hydrogens is 470 g/mol. The molecule has 2 aromatic carbocycles. The van der Waals surface area contributed by atoms with Gasteiger partial charge in [0.25, 0.3) is 5.91 Å². The number of anilines is 2. The van der Waals surface area contributed by atoms with Gasteiger partial charge in [-0.05, 0) is 55.3 Å². The number of fused-ring (bicyclic) bond motifs is 1. The molecule has 0 spiro atoms. The van der Waals surface area contributed by atoms with Crippen molar-refractivity contribution in [2.45, 2.75) is 25.6 Å². The van der Waals surface area contributed by atoms with E-state index in [1.165, 1.54) is 0 Å². The van der Waals surface area contributed by atoms with Gasteiger partial charge in [-0.15, -0.1) is 0 Å². The van der Waals surface area contributed by atoms with Crippen LogP contribution in [0.15, 0.2) is 53.1 Å². The first-order valence-corrected chi connectivity index (χ1v) is 11.3. The number of hydrogen-bond acceptors (Lipinski definition) is 6. The Labute approximate surface area is 195 Å². The molecule has 1 aromatic heterocycles. The van der Waals surface area contributed by atoms with Crippen molar-refractivity contribution < 1.29 is 9.53 Å². The van der Waals surface area contributed by atoms with E-state index in [1.807, 2.05) is 43.3 Å². The molecule has 1 aliphatic rings. The van der Waals surface area contributed by atoms with Gasteiger partial charge < -0.3 is 20.7 Å². The zero-order chi connectivity index (χ0) is 22.7. The van der Waals surface area contributed by atoms with E-state index in [1.54, 1.807) is 12.3 Å². The van der Waals surface area contributed by atoms with Gasteiger partial charge in [0.1, 0.15) is 6.07 Å². The summed E-state index contributed by atoms with van der Waals surface area (Å²) in [5.74, 6) is -0.150. The van der Waals surface area contributed by atoms with Gasteiger partial charge in [0.05, 0.1) is 23.7 Å². The molecule has 1 saturated heterocycles. The molecule has 32 heavy (non-hydrogen) atoms. The maximum absolute atomic E-state index is 12.9. The maximum Gasteiger partial charge on any atom is 0.251 e. The summed E-state index contributed by atoms with van der Waals surface area (Å²) in [4.78, 5) is 19.4. The lowest BCUT2D eigenvalue weighted by molar-refractivity contribution is -0.137. The van der Waals surface area contributed by atoms with E-state index in [0.29, 0.717) is 42.8 Å². The summed E-state index contributed by atoms with van der Waals surface area (Å²) in [6, 6.07) is 15.4. The molecule has 1 fully saturated rings. The molecule has 0 saturated carbocycles. The first kappa shape index (κ1) is 22.1. The van der Waals surface area contributed by atoms with Crippen LogP contribution in [0.5, 0.6) is 0 Å². The molecule has 0 radical (unpaired) electrons. The summed E-state index contributed by atoms with van der Waals surface area (Å²) in [6.07, 6.45) is 1.58. The minimum Gasteiger partial charge on any atom is -0.398 e. The molecular formula is C24H24BrN5O2. The van der Waals surface area contributed by atoms with E-state index in [9.17, 15) is 10.1 Å². The SMILES string of the molecule is C[C@@H]1CN(c2ccc(C#N)c3ncccc23)C[C@H](C(=O)NCCc2c(N)cccc2Br)O1. The molecule has 2 atom stereocenters. The van der Waals surface area contributed by atoms with Crippen LogP contribution in [-0.2, 0) is 16.0 Å². The van der Waals surface area contributed by atoms with Crippen LogP contribution in [0.4, 0.5) is 11.4 Å². The Morgan fingerprint density at radius 1 is 1.31 bits per heavy atom. The summed E-state index contributed by atoms with van der Waals surface area (Å²) in [5.41, 5.74) is 9.87. The number of carbonyl (C=O) groups excluding carboxylic acids is 1. The molecule has 0 unspecified atom stereocenters. The highest BCUT2D eigenvalue weighted by Crippen LogP contribution is 2.30. The molecule has 7 nitrogen and oxygen atoms in total. The number of hydrogen-bond donors (Lipinski definition) is 2. The Morgan fingerprint density at radius 2 is 2.16 bits per heavy atom. The quantitative estimate of drug-likeness (QED) is 0.527. The molecule has 8 heteroatoms. The minimum atomic E-state index is -0.599. The van der Waals surface area contributed by atoms with Crippen molar-refractivity contribution in [3.63, 3.8) is 0 Å². The van der Waals surface area contributed by atoms with Crippen molar-refractivity contribution in [2.75, 3.05) is 30.3 Å². The van der Waals surface area contributed by atoms with Gasteiger partial charge in [0, 0.05) is 40.5 Å². The molecule has 164 valence electrons. The molecule has 4 rings (SSSR count). The largest absolute Gasteiger partial charge is 0.398 e. The topological polar surface area (TPSA) is 104 Å². The third-order valence-corrected chi connectivity index (χ3v) is 6.33. The second-order valence-corrected chi connectivity index (χ2v) is 8.69. The second kappa shape index (κ2) is 9.55. The number of rotatable bonds is 5. The van der Waals surface area contributed by atoms with Gasteiger partial charge in [-0.2, -0.15) is 5.26 Å². The number of nitrogens with one attached hydrogen (secondary N) is 1. The Kier molecular flexibility index (Phi) is 6.58. The number of nitriles is 1. The van der Waals surface area contributed by atoms with Crippen LogP contribution < -0.4 is 16.0 Å². The Bertz CT molecular complexity index is 1170. The Hall–Kier alpha value is -3.15. The smallest absolute Gasteiger partial charge is 0.251 e. The number of pyridine rings is 1. The average molecular weight is 494 g/mol. The number of morpholine rings is 1. The highest BCUT2D eigenvalue weighted by Gasteiger charge is 2.31. The van der Waals surface area contributed by atoms with Crippen LogP contribution in [0.25, 0.3) is 10.9 Å². The van der Waals surface area contributed by atoms with Crippen molar-refractivity contribution in [3.8, 4) is 6.07 Å². The van der Waals surface area contributed by atoms with Gasteiger partial charge in [-0.25, -0.2) is 0 Å². The van der Waals surface area contributed by atoms with Gasteiger partial charge in [-0.1, -0.05) is 22.0 Å². The van der Waals surface area contributed by atoms with Crippen molar-refractivity contribution in [1.29, 1.82) is 5.26 Å². The number of nitrogens with zero attached hydrogens (tertiary/aromatic N) is 3. The highest BCUT2D eigenvalue weighted by atomic mass is 79.9. The maximum atomic E-state index is 12.9. The van der Waals surface area contributed by atoms with Crippen molar-refractivity contribution in [3.05, 3.63) is 64.3 Å². The number of nitrogens with two attached hydrogens (primary N) is 1. The van der Waals surface area contributed by atoms with E-state index in [0.717, 1.165) is 21.1 Å². The minimum absolute atomic E-state index is 0.124. The number of amides is 1. The lowest BCUT2D eigenvalue weighted by Gasteiger charge is -2.38. The number of carbonyl (C=O) groups is 1. The first-order valence-electron chi connectivity index (χ1n) is 10.5. The predicted octanol–water partition coefficient (Wildman–Crippen LogP) is 3.40. The molecule has 0 aliphatic carbocycles. The van der Waals surface area contributed by atoms with Crippen molar-refractivity contribution in [2.24, 2.45) is 0 Å². The average Bonchev–Trinajstić information content (AvgIpc) is 2.79. The van der Waals surface area contributed by atoms with Crippen LogP contribution in [-0.4, -0.2) is 42.7 Å². The van der Waals surface area contributed by atoms with Gasteiger partial charge in [0.15, 0.2) is 6.10 Å². The normalized spacial score (nSPS) is 18.3. The van der Waals surface area contributed by atoms with Crippen LogP contribution in [0.2, 0.25) is 0 Å². The number of halogens is 1. The summed E-state index contributed by atoms with van der Waals surface area (Å²) >= 11 is 3.51. The first-order chi connectivity index (χ1) is 15.5. The third kappa shape index (κ3) is 4.54. The molecule has 0 bridgehead atoms. The third-order valence-electron chi connectivity index (χ3n) is 5.59. The zero-order valence-corrected chi connectivity index (χ0v) is 19.3. The fourth-order valence-electron chi connectivity index (χ4n) is 4.08. The molecule has 1 amide bonds. The second-order valence-electron chi connectivity index (χ2n) is 7.83. The summed E-state index contributed by atoms with van der Waals surface area (Å²) < 4.78 is 6.88. The molecule has 1 aliphatic heterocycles. The Morgan fingerprint density at radius 3 is 2.94 bits per heavy atom. The standard InChI is InChI=1S/C24H24BrN5O2/c1-15-13-30(21-8-7-16(12-26)23-18(21)4-3-10-28-23)14-22(32-15)24(31)29-11-9-17-19(25)5-2-6-20(17)27/h2-8,10,15,22H,9,11,13-14,27H2,1H3,(H,29,31)/t15-,22-/m1/s1. The van der Waals surface area contributed by atoms with E-state index >= 15 is 0 Å². The van der Waals surface area contributed by atoms with Crippen molar-refractivity contribution in [1.82, 2.24) is 10.3 Å². The summed E-state index contributed by atoms with van der Waals surface area (Å²) in [5, 5.41) is 13.3. The number of aromatic nitrogens is 1. The lowest BCUT2D eigenvalue weighted by Crippen LogP contribution is -2.53. The number of nitrogen functional groups attached to an aromatic ring is 1. The van der Waals surface area contributed by atoms with Crippen LogP contribution in [0, 0.1) is 11.3 Å². The van der Waals surface area contributed by atoms with Gasteiger partial charge >= 0.3 is 0 Å². The van der Waals surface area contributed by atoms with Crippen LogP contribution in [0.1, 0.15) is 18.1 Å². The molecule has 3 N–H and O–H groups in total. The van der Waals surface area contributed by atoms with E-state index in [2.05, 4.69) is 37.2 Å². The Balaban J connectivity index is 1.47. The van der Waals surface area contributed by atoms with Gasteiger partial charge in [0.2, 0.25) is 0 Å². The monoisotopic (exact) mass is 493 g/mol. The van der Waals surface area contributed by atoms with E-state index in [4.69, 9.17) is 10.5 Å². The van der Waals surface area contributed by atoms with Crippen LogP contribution in [0.3, 0.4) is 0 Å². The lowest BCUT2D eigenvalue weighted by atomic mass is 10.1. The summed E-state index contributed by atoms with van der Waals surface area (Å²) in [6.45, 7) is 3.48. The van der Waals surface area contributed by atoms with Gasteiger partial charge in [-0.3, -0.25) is 9.78 Å². The fourth-order valence-corrected chi connectivity index (χ4v) is 4.66. The van der Waals surface area contributed by atoms with E-state index in [-0.39, 0.29) is 12.0 Å². The van der Waals surface area contributed by atoms with Crippen molar-refractivity contribution >= 4 is 44.1 Å². The fraction of sp³-hybridized carbons (Fsp3) is 0.292. The molecule has 2 heterocycles. The summed E-state index contributed by atoms with van der Waals surface area (Å²) in [7, 11) is 0. The highest BCUT2D eigenvalue weighted by molar-refractivity contribution is 9.10. The number of ether oxygens (including phenoxy) is 1. The van der Waals surface area contributed by atoms with E-state index < -0.39 is 6.10 Å². The predicted molar refractivity (Wildman–Crippen MR) is 128 cm³/mol. The van der Waals surface area contributed by atoms with Crippen LogP contribution >= 0.6 is 15.9 Å².